The molecule has 0 saturated heterocycles. The second-order valence-electron chi connectivity index (χ2n) is 3.11. The molecule has 0 unspecified atom stereocenters. The van der Waals surface area contributed by atoms with E-state index in [-0.39, 0.29) is 11.7 Å². The van der Waals surface area contributed by atoms with Crippen LogP contribution in [-0.2, 0) is 4.79 Å². The predicted molar refractivity (Wildman–Crippen MR) is 51.7 cm³/mol. The number of nitrogens with one attached hydrogen (secondary N) is 1. The normalized spacial score (nSPS) is 10.8. The van der Waals surface area contributed by atoms with Gasteiger partial charge >= 0.3 is 0 Å². The zero-order valence-electron chi connectivity index (χ0n) is 8.00. The maximum absolute atomic E-state index is 11.2. The van der Waals surface area contributed by atoms with Crippen LogP contribution < -0.4 is 0 Å². The standard InChI is InChI=1S/C8H13N3OS/c1-5(2)7(12)4-13-8-9-6(3)10-11-8/h5H,4H2,1-3H3,(H,9,10,11). The van der Waals surface area contributed by atoms with E-state index in [0.717, 1.165) is 5.82 Å². The summed E-state index contributed by atoms with van der Waals surface area (Å²) in [6.07, 6.45) is 0. The van der Waals surface area contributed by atoms with Crippen LogP contribution in [0.25, 0.3) is 0 Å². The Hall–Kier alpha value is -0.840. The number of ketones is 1. The van der Waals surface area contributed by atoms with E-state index >= 15 is 0 Å². The van der Waals surface area contributed by atoms with Crippen molar-refractivity contribution in [2.75, 3.05) is 5.75 Å². The molecule has 0 bridgehead atoms. The lowest BCUT2D eigenvalue weighted by Crippen LogP contribution is -2.09. The number of carbonyl (C=O) groups is 1. The van der Waals surface area contributed by atoms with Gasteiger partial charge in [0.2, 0.25) is 5.16 Å². The molecule has 0 spiro atoms. The molecule has 0 saturated carbocycles. The Balaban J connectivity index is 2.39. The fourth-order valence-corrected chi connectivity index (χ4v) is 1.61. The second-order valence-corrected chi connectivity index (χ2v) is 4.06. The average Bonchev–Trinajstić information content (AvgIpc) is 2.47. The van der Waals surface area contributed by atoms with Crippen LogP contribution in [0, 0.1) is 12.8 Å². The summed E-state index contributed by atoms with van der Waals surface area (Å²) >= 11 is 1.37. The summed E-state index contributed by atoms with van der Waals surface area (Å²) in [5.74, 6) is 1.55. The van der Waals surface area contributed by atoms with Crippen LogP contribution in [-0.4, -0.2) is 26.7 Å². The van der Waals surface area contributed by atoms with E-state index in [4.69, 9.17) is 0 Å². The van der Waals surface area contributed by atoms with Crippen molar-refractivity contribution in [2.24, 2.45) is 5.92 Å². The van der Waals surface area contributed by atoms with Gasteiger partial charge in [-0.2, -0.15) is 0 Å². The van der Waals surface area contributed by atoms with Crippen molar-refractivity contribution in [3.8, 4) is 0 Å². The minimum Gasteiger partial charge on any atom is -0.298 e. The van der Waals surface area contributed by atoms with Crippen LogP contribution in [0.3, 0.4) is 0 Å². The van der Waals surface area contributed by atoms with E-state index < -0.39 is 0 Å². The quantitative estimate of drug-likeness (QED) is 0.745. The van der Waals surface area contributed by atoms with E-state index in [1.54, 1.807) is 0 Å². The van der Waals surface area contributed by atoms with Gasteiger partial charge in [-0.25, -0.2) is 4.98 Å². The van der Waals surface area contributed by atoms with Gasteiger partial charge in [0.05, 0.1) is 5.75 Å². The Morgan fingerprint density at radius 2 is 2.31 bits per heavy atom. The Kier molecular flexibility index (Phi) is 3.48. The molecule has 4 nitrogen and oxygen atoms in total. The molecule has 0 aliphatic rings. The summed E-state index contributed by atoms with van der Waals surface area (Å²) in [6.45, 7) is 5.62. The van der Waals surface area contributed by atoms with E-state index in [9.17, 15) is 4.79 Å². The molecule has 1 N–H and O–H groups in total. The van der Waals surface area contributed by atoms with Crippen LogP contribution in [0.5, 0.6) is 0 Å². The summed E-state index contributed by atoms with van der Waals surface area (Å²) in [4.78, 5) is 15.3. The van der Waals surface area contributed by atoms with E-state index in [1.165, 1.54) is 11.8 Å². The first-order chi connectivity index (χ1) is 6.09. The van der Waals surface area contributed by atoms with Crippen molar-refractivity contribution in [3.63, 3.8) is 0 Å². The molecular weight excluding hydrogens is 186 g/mol. The largest absolute Gasteiger partial charge is 0.298 e. The van der Waals surface area contributed by atoms with Gasteiger partial charge in [-0.1, -0.05) is 25.6 Å². The number of aromatic amines is 1. The molecule has 0 atom stereocenters. The van der Waals surface area contributed by atoms with Gasteiger partial charge in [0.15, 0.2) is 0 Å². The van der Waals surface area contributed by atoms with Gasteiger partial charge in [0.1, 0.15) is 11.6 Å². The first-order valence-electron chi connectivity index (χ1n) is 4.14. The maximum atomic E-state index is 11.2. The van der Waals surface area contributed by atoms with E-state index in [2.05, 4.69) is 15.2 Å². The summed E-state index contributed by atoms with van der Waals surface area (Å²) < 4.78 is 0. The maximum Gasteiger partial charge on any atom is 0.208 e. The van der Waals surface area contributed by atoms with Crippen molar-refractivity contribution < 1.29 is 4.79 Å². The Labute approximate surface area is 81.5 Å². The number of Topliss-reactive ketones (excluding diaryl/α,β-unsaturated/α-hetero) is 1. The highest BCUT2D eigenvalue weighted by atomic mass is 32.2. The number of nitrogens with zero attached hydrogens (tertiary/aromatic N) is 2. The Bertz CT molecular complexity index is 295. The molecule has 0 amide bonds. The zero-order chi connectivity index (χ0) is 9.84. The highest BCUT2D eigenvalue weighted by Crippen LogP contribution is 2.13. The molecule has 1 heterocycles. The van der Waals surface area contributed by atoms with Crippen molar-refractivity contribution >= 4 is 17.5 Å². The molecule has 0 fully saturated rings. The third kappa shape index (κ3) is 3.18. The zero-order valence-corrected chi connectivity index (χ0v) is 8.81. The van der Waals surface area contributed by atoms with Gasteiger partial charge < -0.3 is 0 Å². The fourth-order valence-electron chi connectivity index (χ4n) is 0.689. The number of thioether (sulfide) groups is 1. The Morgan fingerprint density at radius 1 is 1.62 bits per heavy atom. The molecule has 13 heavy (non-hydrogen) atoms. The molecule has 0 aliphatic carbocycles. The van der Waals surface area contributed by atoms with Crippen LogP contribution >= 0.6 is 11.8 Å². The number of aryl methyl sites for hydroxylation is 1. The molecule has 0 radical (unpaired) electrons. The third-order valence-electron chi connectivity index (χ3n) is 1.56. The van der Waals surface area contributed by atoms with Gasteiger partial charge in [-0.05, 0) is 6.92 Å². The summed E-state index contributed by atoms with van der Waals surface area (Å²) in [5, 5.41) is 7.29. The van der Waals surface area contributed by atoms with Crippen molar-refractivity contribution in [1.82, 2.24) is 15.2 Å². The van der Waals surface area contributed by atoms with Crippen LogP contribution in [0.15, 0.2) is 5.16 Å². The van der Waals surface area contributed by atoms with Crippen molar-refractivity contribution in [2.45, 2.75) is 25.9 Å². The van der Waals surface area contributed by atoms with Crippen molar-refractivity contribution in [3.05, 3.63) is 5.82 Å². The second kappa shape index (κ2) is 4.41. The minimum atomic E-state index is 0.0903. The van der Waals surface area contributed by atoms with Crippen LogP contribution in [0.1, 0.15) is 19.7 Å². The molecule has 1 rings (SSSR count). The number of carbonyl (C=O) groups excluding carboxylic acids is 1. The van der Waals surface area contributed by atoms with Crippen LogP contribution in [0.2, 0.25) is 0 Å². The smallest absolute Gasteiger partial charge is 0.208 e. The van der Waals surface area contributed by atoms with Gasteiger partial charge in [-0.3, -0.25) is 9.89 Å². The summed E-state index contributed by atoms with van der Waals surface area (Å²) in [5.41, 5.74) is 0. The highest BCUT2D eigenvalue weighted by molar-refractivity contribution is 7.99. The molecular formula is C8H13N3OS. The lowest BCUT2D eigenvalue weighted by Gasteiger charge is -2.00. The van der Waals surface area contributed by atoms with Gasteiger partial charge in [0.25, 0.3) is 0 Å². The number of H-pyrrole nitrogens is 1. The highest BCUT2D eigenvalue weighted by Gasteiger charge is 2.09. The molecule has 0 aromatic carbocycles. The average molecular weight is 199 g/mol. The van der Waals surface area contributed by atoms with Crippen molar-refractivity contribution in [1.29, 1.82) is 0 Å². The SMILES string of the molecule is Cc1nc(SCC(=O)C(C)C)n[nH]1. The number of rotatable bonds is 4. The molecule has 1 aromatic heterocycles. The molecule has 5 heteroatoms. The first kappa shape index (κ1) is 10.2. The van der Waals surface area contributed by atoms with Gasteiger partial charge in [0, 0.05) is 5.92 Å². The fraction of sp³-hybridized carbons (Fsp3) is 0.625. The van der Waals surface area contributed by atoms with E-state index in [0.29, 0.717) is 10.9 Å². The number of hydrogen-bond acceptors (Lipinski definition) is 4. The first-order valence-corrected chi connectivity index (χ1v) is 5.12. The lowest BCUT2D eigenvalue weighted by molar-refractivity contribution is -0.119. The predicted octanol–water partition coefficient (Wildman–Crippen LogP) is 1.43. The van der Waals surface area contributed by atoms with Gasteiger partial charge in [-0.15, -0.1) is 5.10 Å². The molecule has 0 aliphatic heterocycles. The number of hydrogen-bond donors (Lipinski definition) is 1. The Morgan fingerprint density at radius 3 is 2.77 bits per heavy atom. The third-order valence-corrected chi connectivity index (χ3v) is 2.43. The monoisotopic (exact) mass is 199 g/mol. The summed E-state index contributed by atoms with van der Waals surface area (Å²) in [6, 6.07) is 0. The van der Waals surface area contributed by atoms with Crippen LogP contribution in [0.4, 0.5) is 0 Å². The van der Waals surface area contributed by atoms with E-state index in [1.807, 2.05) is 20.8 Å². The summed E-state index contributed by atoms with van der Waals surface area (Å²) in [7, 11) is 0. The lowest BCUT2D eigenvalue weighted by atomic mass is 10.1. The minimum absolute atomic E-state index is 0.0903. The molecule has 1 aromatic rings. The topological polar surface area (TPSA) is 58.6 Å². The number of aromatic nitrogens is 3. The molecule has 72 valence electrons.